The van der Waals surface area contributed by atoms with E-state index in [1.54, 1.807) is 25.1 Å². The van der Waals surface area contributed by atoms with Crippen molar-refractivity contribution >= 4 is 29.2 Å². The summed E-state index contributed by atoms with van der Waals surface area (Å²) in [6, 6.07) is 4.57. The summed E-state index contributed by atoms with van der Waals surface area (Å²) in [5.41, 5.74) is 1.47. The van der Waals surface area contributed by atoms with E-state index in [1.807, 2.05) is 4.90 Å². The fourth-order valence-electron chi connectivity index (χ4n) is 3.24. The summed E-state index contributed by atoms with van der Waals surface area (Å²) in [7, 11) is 0. The van der Waals surface area contributed by atoms with Crippen LogP contribution in [-0.2, 0) is 14.3 Å². The number of nitrogens with one attached hydrogen (secondary N) is 1. The van der Waals surface area contributed by atoms with Crippen molar-refractivity contribution in [2.45, 2.75) is 26.4 Å². The second-order valence-electron chi connectivity index (χ2n) is 6.60. The number of ketones is 1. The van der Waals surface area contributed by atoms with Gasteiger partial charge in [-0.1, -0.05) is 6.08 Å². The first kappa shape index (κ1) is 18.9. The molecule has 8 heteroatoms. The summed E-state index contributed by atoms with van der Waals surface area (Å²) in [6.45, 7) is 4.46. The first-order chi connectivity index (χ1) is 12.9. The summed E-state index contributed by atoms with van der Waals surface area (Å²) in [5, 5.41) is 2.60. The summed E-state index contributed by atoms with van der Waals surface area (Å²) in [4.78, 5) is 38.0. The van der Waals surface area contributed by atoms with Crippen molar-refractivity contribution in [2.24, 2.45) is 0 Å². The van der Waals surface area contributed by atoms with Crippen molar-refractivity contribution in [3.8, 4) is 0 Å². The van der Waals surface area contributed by atoms with Crippen LogP contribution in [0.2, 0.25) is 0 Å². The number of halogens is 1. The van der Waals surface area contributed by atoms with Gasteiger partial charge < -0.3 is 15.0 Å². The summed E-state index contributed by atoms with van der Waals surface area (Å²) < 4.78 is 19.9. The molecule has 2 aliphatic heterocycles. The standard InChI is InChI=1S/C19H22FN3O4/c1-3-13-10-22(7-6-18(13)25)17-5-4-14(8-16(17)20)23-11-15(27-19(23)26)9-21-12(2)24/h3-5,8,15H,6-7,9-11H2,1-2H3,(H,21,24)/t15-/m0/s1. The van der Waals surface area contributed by atoms with E-state index in [9.17, 15) is 18.8 Å². The number of anilines is 2. The predicted molar refractivity (Wildman–Crippen MR) is 98.3 cm³/mol. The zero-order valence-electron chi connectivity index (χ0n) is 15.3. The molecule has 2 fully saturated rings. The predicted octanol–water partition coefficient (Wildman–Crippen LogP) is 2.01. The quantitative estimate of drug-likeness (QED) is 0.815. The summed E-state index contributed by atoms with van der Waals surface area (Å²) in [6.07, 6.45) is 1.06. The van der Waals surface area contributed by atoms with E-state index in [1.165, 1.54) is 17.9 Å². The van der Waals surface area contributed by atoms with Crippen LogP contribution in [0.15, 0.2) is 29.8 Å². The molecule has 0 unspecified atom stereocenters. The topological polar surface area (TPSA) is 79.0 Å². The summed E-state index contributed by atoms with van der Waals surface area (Å²) in [5.74, 6) is -0.577. The van der Waals surface area contributed by atoms with Crippen molar-refractivity contribution in [3.63, 3.8) is 0 Å². The molecule has 1 aromatic rings. The van der Waals surface area contributed by atoms with Gasteiger partial charge in [-0.05, 0) is 25.1 Å². The van der Waals surface area contributed by atoms with Crippen molar-refractivity contribution in [1.82, 2.24) is 5.32 Å². The van der Waals surface area contributed by atoms with E-state index < -0.39 is 18.0 Å². The number of benzene rings is 1. The number of rotatable bonds is 4. The molecule has 0 saturated carbocycles. The minimum atomic E-state index is -0.572. The minimum absolute atomic E-state index is 0.0933. The smallest absolute Gasteiger partial charge is 0.414 e. The Morgan fingerprint density at radius 2 is 2.19 bits per heavy atom. The van der Waals surface area contributed by atoms with Crippen LogP contribution in [0.1, 0.15) is 20.3 Å². The molecule has 2 amide bonds. The highest BCUT2D eigenvalue weighted by Crippen LogP contribution is 2.29. The third-order valence-corrected chi connectivity index (χ3v) is 4.71. The Morgan fingerprint density at radius 1 is 1.41 bits per heavy atom. The SMILES string of the molecule is CC=C1CN(c2ccc(N3C[C@H](CNC(C)=O)OC3=O)cc2F)CCC1=O. The van der Waals surface area contributed by atoms with Crippen LogP contribution < -0.4 is 15.1 Å². The number of hydrogen-bond donors (Lipinski definition) is 1. The molecule has 1 aromatic carbocycles. The largest absolute Gasteiger partial charge is 0.442 e. The third-order valence-electron chi connectivity index (χ3n) is 4.71. The van der Waals surface area contributed by atoms with E-state index in [4.69, 9.17) is 4.74 Å². The van der Waals surface area contributed by atoms with Gasteiger partial charge in [-0.25, -0.2) is 9.18 Å². The number of ether oxygens (including phenoxy) is 1. The number of cyclic esters (lactones) is 1. The molecule has 1 N–H and O–H groups in total. The lowest BCUT2D eigenvalue weighted by Gasteiger charge is -2.30. The average molecular weight is 375 g/mol. The molecule has 1 atom stereocenters. The molecule has 0 aromatic heterocycles. The molecule has 0 aliphatic carbocycles. The van der Waals surface area contributed by atoms with Crippen LogP contribution >= 0.6 is 0 Å². The van der Waals surface area contributed by atoms with Gasteiger partial charge in [0.2, 0.25) is 5.91 Å². The first-order valence-electron chi connectivity index (χ1n) is 8.84. The number of piperidine rings is 1. The number of hydrogen-bond acceptors (Lipinski definition) is 5. The summed E-state index contributed by atoms with van der Waals surface area (Å²) >= 11 is 0. The van der Waals surface area contributed by atoms with Gasteiger partial charge in [-0.2, -0.15) is 0 Å². The molecule has 0 radical (unpaired) electrons. The Kier molecular flexibility index (Phi) is 5.43. The fourth-order valence-corrected chi connectivity index (χ4v) is 3.24. The normalized spacial score (nSPS) is 21.6. The molecule has 2 saturated heterocycles. The van der Waals surface area contributed by atoms with Crippen LogP contribution in [0.25, 0.3) is 0 Å². The highest BCUT2D eigenvalue weighted by atomic mass is 19.1. The van der Waals surface area contributed by atoms with Crippen LogP contribution in [-0.4, -0.2) is 50.1 Å². The van der Waals surface area contributed by atoms with Gasteiger partial charge in [0.1, 0.15) is 11.9 Å². The average Bonchev–Trinajstić information content (AvgIpc) is 3.01. The van der Waals surface area contributed by atoms with Crippen molar-refractivity contribution in [1.29, 1.82) is 0 Å². The van der Waals surface area contributed by atoms with E-state index in [-0.39, 0.29) is 24.8 Å². The van der Waals surface area contributed by atoms with E-state index >= 15 is 0 Å². The molecule has 2 aliphatic rings. The maximum atomic E-state index is 14.7. The third kappa shape index (κ3) is 4.10. The fraction of sp³-hybridized carbons (Fsp3) is 0.421. The van der Waals surface area contributed by atoms with Crippen molar-refractivity contribution < 1.29 is 23.5 Å². The number of allylic oxidation sites excluding steroid dienone is 1. The second kappa shape index (κ2) is 7.77. The number of carbonyl (C=O) groups is 3. The monoisotopic (exact) mass is 375 g/mol. The van der Waals surface area contributed by atoms with Crippen LogP contribution in [0.5, 0.6) is 0 Å². The molecule has 2 heterocycles. The van der Waals surface area contributed by atoms with E-state index in [0.717, 1.165) is 0 Å². The molecule has 3 rings (SSSR count). The Bertz CT molecular complexity index is 808. The Morgan fingerprint density at radius 3 is 2.85 bits per heavy atom. The van der Waals surface area contributed by atoms with Gasteiger partial charge in [-0.15, -0.1) is 0 Å². The molecule has 27 heavy (non-hydrogen) atoms. The molecule has 144 valence electrons. The van der Waals surface area contributed by atoms with E-state index in [2.05, 4.69) is 5.32 Å². The molecular weight excluding hydrogens is 353 g/mol. The van der Waals surface area contributed by atoms with Gasteiger partial charge in [0.25, 0.3) is 0 Å². The van der Waals surface area contributed by atoms with Crippen molar-refractivity contribution in [2.75, 3.05) is 36.0 Å². The number of amides is 2. The number of carbonyl (C=O) groups excluding carboxylic acids is 3. The van der Waals surface area contributed by atoms with Crippen LogP contribution in [0, 0.1) is 5.82 Å². The lowest BCUT2D eigenvalue weighted by Crippen LogP contribution is -2.36. The number of Topliss-reactive ketones (excluding diaryl/α,β-unsaturated/α-hetero) is 1. The number of nitrogens with zero attached hydrogens (tertiary/aromatic N) is 2. The molecule has 7 nitrogen and oxygen atoms in total. The maximum absolute atomic E-state index is 14.7. The highest BCUT2D eigenvalue weighted by molar-refractivity contribution is 5.98. The highest BCUT2D eigenvalue weighted by Gasteiger charge is 2.33. The van der Waals surface area contributed by atoms with E-state index in [0.29, 0.717) is 36.5 Å². The van der Waals surface area contributed by atoms with Gasteiger partial charge in [0.15, 0.2) is 5.78 Å². The van der Waals surface area contributed by atoms with Crippen molar-refractivity contribution in [3.05, 3.63) is 35.7 Å². The van der Waals surface area contributed by atoms with Gasteiger partial charge in [0, 0.05) is 32.0 Å². The lowest BCUT2D eigenvalue weighted by atomic mass is 10.0. The minimum Gasteiger partial charge on any atom is -0.442 e. The maximum Gasteiger partial charge on any atom is 0.414 e. The Hall–Kier alpha value is -2.90. The van der Waals surface area contributed by atoms with Crippen LogP contribution in [0.3, 0.4) is 0 Å². The lowest BCUT2D eigenvalue weighted by molar-refractivity contribution is -0.119. The Labute approximate surface area is 156 Å². The molecule has 0 bridgehead atoms. The van der Waals surface area contributed by atoms with Gasteiger partial charge in [-0.3, -0.25) is 14.5 Å². The second-order valence-corrected chi connectivity index (χ2v) is 6.60. The molecule has 0 spiro atoms. The zero-order valence-corrected chi connectivity index (χ0v) is 15.3. The van der Waals surface area contributed by atoms with Gasteiger partial charge >= 0.3 is 6.09 Å². The van der Waals surface area contributed by atoms with Gasteiger partial charge in [0.05, 0.1) is 24.5 Å². The Balaban J connectivity index is 1.72. The zero-order chi connectivity index (χ0) is 19.6. The van der Waals surface area contributed by atoms with Crippen LogP contribution in [0.4, 0.5) is 20.6 Å². The first-order valence-corrected chi connectivity index (χ1v) is 8.84. The molecular formula is C19H22FN3O4.